The zero-order valence-corrected chi connectivity index (χ0v) is 15.8. The summed E-state index contributed by atoms with van der Waals surface area (Å²) < 4.78 is 13.3. The van der Waals surface area contributed by atoms with E-state index in [2.05, 4.69) is 14.8 Å². The van der Waals surface area contributed by atoms with Crippen LogP contribution in [0.3, 0.4) is 0 Å². The summed E-state index contributed by atoms with van der Waals surface area (Å²) in [5.41, 5.74) is 0. The van der Waals surface area contributed by atoms with Crippen LogP contribution in [-0.2, 0) is 17.8 Å². The Morgan fingerprint density at radius 2 is 1.96 bits per heavy atom. The van der Waals surface area contributed by atoms with Gasteiger partial charge in [-0.05, 0) is 37.8 Å². The maximum absolute atomic E-state index is 12.9. The van der Waals surface area contributed by atoms with Crippen molar-refractivity contribution in [1.29, 1.82) is 0 Å². The first-order valence-electron chi connectivity index (χ1n) is 9.75. The lowest BCUT2D eigenvalue weighted by Gasteiger charge is -2.25. The lowest BCUT2D eigenvalue weighted by atomic mass is 10.2. The summed E-state index contributed by atoms with van der Waals surface area (Å²) in [7, 11) is 1.59. The van der Waals surface area contributed by atoms with Gasteiger partial charge in [0.2, 0.25) is 0 Å². The van der Waals surface area contributed by atoms with Gasteiger partial charge in [-0.2, -0.15) is 0 Å². The molecule has 1 atom stereocenters. The van der Waals surface area contributed by atoms with Gasteiger partial charge in [0.25, 0.3) is 5.91 Å². The molecule has 0 radical (unpaired) electrons. The normalized spacial score (nSPS) is 19.4. The number of aryl methyl sites for hydroxylation is 1. The van der Waals surface area contributed by atoms with Crippen molar-refractivity contribution in [2.75, 3.05) is 20.3 Å². The molecule has 1 saturated heterocycles. The highest BCUT2D eigenvalue weighted by atomic mass is 16.5. The van der Waals surface area contributed by atoms with Gasteiger partial charge in [0.1, 0.15) is 5.82 Å². The Morgan fingerprint density at radius 3 is 2.81 bits per heavy atom. The van der Waals surface area contributed by atoms with Gasteiger partial charge >= 0.3 is 0 Å². The lowest BCUT2D eigenvalue weighted by Crippen LogP contribution is -2.35. The van der Waals surface area contributed by atoms with E-state index in [1.807, 2.05) is 29.2 Å². The maximum atomic E-state index is 12.9. The minimum absolute atomic E-state index is 0.00174. The van der Waals surface area contributed by atoms with Crippen LogP contribution in [0.2, 0.25) is 0 Å². The van der Waals surface area contributed by atoms with Gasteiger partial charge in [-0.3, -0.25) is 4.79 Å². The van der Waals surface area contributed by atoms with Crippen LogP contribution < -0.4 is 9.47 Å². The van der Waals surface area contributed by atoms with Crippen molar-refractivity contribution in [1.82, 2.24) is 19.7 Å². The molecule has 7 nitrogen and oxygen atoms in total. The molecule has 1 amide bonds. The molecule has 27 heavy (non-hydrogen) atoms. The predicted molar refractivity (Wildman–Crippen MR) is 99.8 cm³/mol. The van der Waals surface area contributed by atoms with E-state index < -0.39 is 0 Å². The number of fused-ring (bicyclic) bond motifs is 1. The van der Waals surface area contributed by atoms with E-state index in [4.69, 9.17) is 9.47 Å². The van der Waals surface area contributed by atoms with E-state index in [1.165, 1.54) is 6.42 Å². The second-order valence-corrected chi connectivity index (χ2v) is 7.12. The van der Waals surface area contributed by atoms with Gasteiger partial charge < -0.3 is 18.9 Å². The molecule has 2 aliphatic rings. The Morgan fingerprint density at radius 1 is 1.11 bits per heavy atom. The molecule has 0 saturated carbocycles. The standard InChI is InChI=1S/C20H26N4O3/c1-26-16-9-4-5-10-17(16)27-14-19(25)23-13-7-8-15(23)20-22-21-18-11-3-2-6-12-24(18)20/h4-5,9-10,15H,2-3,6-8,11-14H2,1H3/t15-/m0/s1. The molecule has 0 aliphatic carbocycles. The summed E-state index contributed by atoms with van der Waals surface area (Å²) in [5.74, 6) is 3.20. The average Bonchev–Trinajstić information content (AvgIpc) is 3.27. The number of methoxy groups -OCH3 is 1. The number of carbonyl (C=O) groups excluding carboxylic acids is 1. The van der Waals surface area contributed by atoms with Crippen LogP contribution in [0.5, 0.6) is 11.5 Å². The summed E-state index contributed by atoms with van der Waals surface area (Å²) in [4.78, 5) is 14.8. The minimum atomic E-state index is -0.0191. The summed E-state index contributed by atoms with van der Waals surface area (Å²) >= 11 is 0. The first-order valence-corrected chi connectivity index (χ1v) is 9.75. The molecular formula is C20H26N4O3. The van der Waals surface area contributed by atoms with E-state index in [1.54, 1.807) is 7.11 Å². The molecule has 144 valence electrons. The van der Waals surface area contributed by atoms with Crippen molar-refractivity contribution < 1.29 is 14.3 Å². The second kappa shape index (κ2) is 7.98. The number of ether oxygens (including phenoxy) is 2. The fourth-order valence-electron chi connectivity index (χ4n) is 4.05. The second-order valence-electron chi connectivity index (χ2n) is 7.12. The highest BCUT2D eigenvalue weighted by molar-refractivity contribution is 5.78. The van der Waals surface area contributed by atoms with E-state index in [0.29, 0.717) is 11.5 Å². The predicted octanol–water partition coefficient (Wildman–Crippen LogP) is 2.76. The molecule has 4 rings (SSSR count). The molecule has 1 aromatic heterocycles. The number of rotatable bonds is 5. The topological polar surface area (TPSA) is 69.5 Å². The lowest BCUT2D eigenvalue weighted by molar-refractivity contribution is -0.134. The van der Waals surface area contributed by atoms with Crippen molar-refractivity contribution in [2.45, 2.75) is 51.1 Å². The van der Waals surface area contributed by atoms with E-state index >= 15 is 0 Å². The number of para-hydroxylation sites is 2. The molecule has 0 spiro atoms. The average molecular weight is 370 g/mol. The molecule has 3 heterocycles. The number of nitrogens with zero attached hydrogens (tertiary/aromatic N) is 4. The molecule has 1 aromatic carbocycles. The van der Waals surface area contributed by atoms with Crippen molar-refractivity contribution in [2.24, 2.45) is 0 Å². The van der Waals surface area contributed by atoms with Crippen molar-refractivity contribution in [3.63, 3.8) is 0 Å². The number of benzene rings is 1. The number of hydrogen-bond donors (Lipinski definition) is 0. The van der Waals surface area contributed by atoms with Gasteiger partial charge in [0, 0.05) is 19.5 Å². The Balaban J connectivity index is 1.47. The molecule has 0 unspecified atom stereocenters. The molecule has 0 N–H and O–H groups in total. The number of amides is 1. The number of hydrogen-bond acceptors (Lipinski definition) is 5. The van der Waals surface area contributed by atoms with Crippen LogP contribution in [0.4, 0.5) is 0 Å². The van der Waals surface area contributed by atoms with Gasteiger partial charge in [-0.1, -0.05) is 18.6 Å². The molecular weight excluding hydrogens is 344 g/mol. The zero-order valence-electron chi connectivity index (χ0n) is 15.8. The number of carbonyl (C=O) groups is 1. The van der Waals surface area contributed by atoms with Crippen LogP contribution in [0.25, 0.3) is 0 Å². The quantitative estimate of drug-likeness (QED) is 0.809. The van der Waals surface area contributed by atoms with Crippen LogP contribution in [-0.4, -0.2) is 45.8 Å². The Kier molecular flexibility index (Phi) is 5.27. The summed E-state index contributed by atoms with van der Waals surface area (Å²) in [6.07, 6.45) is 6.42. The third kappa shape index (κ3) is 3.63. The summed E-state index contributed by atoms with van der Waals surface area (Å²) in [6, 6.07) is 7.38. The molecule has 2 aromatic rings. The summed E-state index contributed by atoms with van der Waals surface area (Å²) in [6.45, 7) is 1.69. The Labute approximate surface area is 159 Å². The van der Waals surface area contributed by atoms with E-state index in [0.717, 1.165) is 56.8 Å². The van der Waals surface area contributed by atoms with E-state index in [-0.39, 0.29) is 18.6 Å². The Bertz CT molecular complexity index is 804. The van der Waals surface area contributed by atoms with Crippen LogP contribution in [0, 0.1) is 0 Å². The van der Waals surface area contributed by atoms with Crippen LogP contribution in [0.15, 0.2) is 24.3 Å². The monoisotopic (exact) mass is 370 g/mol. The highest BCUT2D eigenvalue weighted by Crippen LogP contribution is 2.33. The van der Waals surface area contributed by atoms with Crippen molar-refractivity contribution in [3.05, 3.63) is 35.9 Å². The van der Waals surface area contributed by atoms with Crippen molar-refractivity contribution >= 4 is 5.91 Å². The van der Waals surface area contributed by atoms with Crippen LogP contribution in [0.1, 0.15) is 49.8 Å². The van der Waals surface area contributed by atoms with Gasteiger partial charge in [-0.15, -0.1) is 10.2 Å². The smallest absolute Gasteiger partial charge is 0.261 e. The fraction of sp³-hybridized carbons (Fsp3) is 0.550. The van der Waals surface area contributed by atoms with Gasteiger partial charge in [0.15, 0.2) is 23.9 Å². The largest absolute Gasteiger partial charge is 0.493 e. The SMILES string of the molecule is COc1ccccc1OCC(=O)N1CCC[C@H]1c1nnc2n1CCCCC2. The highest BCUT2D eigenvalue weighted by Gasteiger charge is 2.34. The molecule has 2 aliphatic heterocycles. The maximum Gasteiger partial charge on any atom is 0.261 e. The van der Waals surface area contributed by atoms with E-state index in [9.17, 15) is 4.79 Å². The molecule has 0 bridgehead atoms. The van der Waals surface area contributed by atoms with Crippen molar-refractivity contribution in [3.8, 4) is 11.5 Å². The first-order chi connectivity index (χ1) is 13.3. The van der Waals surface area contributed by atoms with Crippen LogP contribution >= 0.6 is 0 Å². The fourth-order valence-corrected chi connectivity index (χ4v) is 4.05. The minimum Gasteiger partial charge on any atom is -0.493 e. The number of likely N-dealkylation sites (tertiary alicyclic amines) is 1. The first kappa shape index (κ1) is 17.8. The molecule has 1 fully saturated rings. The summed E-state index contributed by atoms with van der Waals surface area (Å²) in [5, 5.41) is 8.86. The third-order valence-corrected chi connectivity index (χ3v) is 5.43. The third-order valence-electron chi connectivity index (χ3n) is 5.43. The molecule has 7 heteroatoms. The van der Waals surface area contributed by atoms with Gasteiger partial charge in [-0.25, -0.2) is 0 Å². The zero-order chi connectivity index (χ0) is 18.6. The van der Waals surface area contributed by atoms with Gasteiger partial charge in [0.05, 0.1) is 13.2 Å². The number of aromatic nitrogens is 3. The Hall–Kier alpha value is -2.57.